The SMILES string of the molecule is Cc1cc(Nc2ncnc3ccc(Cl)nc23)ccc1Cc1ccn(C(F)F)c(=O)c1. The minimum absolute atomic E-state index is 0.348. The van der Waals surface area contributed by atoms with Crippen LogP contribution in [0, 0.1) is 6.92 Å². The monoisotopic (exact) mass is 427 g/mol. The highest BCUT2D eigenvalue weighted by Gasteiger charge is 2.10. The summed E-state index contributed by atoms with van der Waals surface area (Å²) in [6.07, 6.45) is 3.02. The molecule has 0 saturated heterocycles. The Morgan fingerprint density at radius 1 is 1.13 bits per heavy atom. The van der Waals surface area contributed by atoms with E-state index in [0.29, 0.717) is 38.6 Å². The van der Waals surface area contributed by atoms with Crippen molar-refractivity contribution >= 4 is 34.1 Å². The summed E-state index contributed by atoms with van der Waals surface area (Å²) in [7, 11) is 0. The van der Waals surface area contributed by atoms with Crippen molar-refractivity contribution in [2.24, 2.45) is 0 Å². The van der Waals surface area contributed by atoms with Gasteiger partial charge in [-0.3, -0.25) is 9.36 Å². The van der Waals surface area contributed by atoms with Gasteiger partial charge in [0.25, 0.3) is 5.56 Å². The maximum absolute atomic E-state index is 12.7. The maximum Gasteiger partial charge on any atom is 0.321 e. The fourth-order valence-corrected chi connectivity index (χ4v) is 3.29. The molecule has 9 heteroatoms. The van der Waals surface area contributed by atoms with Gasteiger partial charge in [-0.15, -0.1) is 0 Å². The number of hydrogen-bond acceptors (Lipinski definition) is 5. The van der Waals surface area contributed by atoms with Crippen molar-refractivity contribution < 1.29 is 8.78 Å². The Kier molecular flexibility index (Phi) is 5.41. The minimum Gasteiger partial charge on any atom is -0.338 e. The first-order valence-corrected chi connectivity index (χ1v) is 9.41. The maximum atomic E-state index is 12.7. The molecule has 1 N–H and O–H groups in total. The van der Waals surface area contributed by atoms with E-state index in [2.05, 4.69) is 20.3 Å². The van der Waals surface area contributed by atoms with Gasteiger partial charge in [0.05, 0.1) is 5.52 Å². The Bertz CT molecular complexity index is 1290. The number of hydrogen-bond donors (Lipinski definition) is 1. The molecule has 0 aliphatic rings. The molecule has 0 atom stereocenters. The van der Waals surface area contributed by atoms with Gasteiger partial charge >= 0.3 is 6.55 Å². The highest BCUT2D eigenvalue weighted by atomic mass is 35.5. The third-order valence-electron chi connectivity index (χ3n) is 4.67. The van der Waals surface area contributed by atoms with E-state index in [1.54, 1.807) is 12.1 Å². The number of nitrogens with zero attached hydrogens (tertiary/aromatic N) is 4. The fraction of sp³-hybridized carbons (Fsp3) is 0.143. The summed E-state index contributed by atoms with van der Waals surface area (Å²) < 4.78 is 25.9. The number of aromatic nitrogens is 4. The summed E-state index contributed by atoms with van der Waals surface area (Å²) >= 11 is 6.00. The van der Waals surface area contributed by atoms with Crippen LogP contribution in [0.5, 0.6) is 0 Å². The smallest absolute Gasteiger partial charge is 0.321 e. The standard InChI is InChI=1S/C21H16ClF2N5O/c1-12-8-15(27-20-19-16(25-11-26-20)4-5-17(22)28-19)3-2-14(12)9-13-6-7-29(21(23)24)18(30)10-13/h2-8,10-11,21H,9H2,1H3,(H,25,26,27). The molecule has 3 aromatic heterocycles. The van der Waals surface area contributed by atoms with Crippen molar-refractivity contribution in [2.45, 2.75) is 19.9 Å². The van der Waals surface area contributed by atoms with E-state index in [1.807, 2.05) is 25.1 Å². The van der Waals surface area contributed by atoms with Crippen LogP contribution in [0.25, 0.3) is 11.0 Å². The molecule has 0 spiro atoms. The number of halogens is 3. The fourth-order valence-electron chi connectivity index (χ4n) is 3.14. The second kappa shape index (κ2) is 8.16. The summed E-state index contributed by atoms with van der Waals surface area (Å²) in [4.78, 5) is 24.5. The number of fused-ring (bicyclic) bond motifs is 1. The number of rotatable bonds is 5. The number of pyridine rings is 2. The molecule has 1 aromatic carbocycles. The van der Waals surface area contributed by atoms with E-state index in [4.69, 9.17) is 11.6 Å². The topological polar surface area (TPSA) is 72.7 Å². The lowest BCUT2D eigenvalue weighted by Gasteiger charge is -2.12. The van der Waals surface area contributed by atoms with Gasteiger partial charge in [-0.1, -0.05) is 17.7 Å². The van der Waals surface area contributed by atoms with E-state index >= 15 is 0 Å². The molecule has 30 heavy (non-hydrogen) atoms. The summed E-state index contributed by atoms with van der Waals surface area (Å²) in [6.45, 7) is -0.908. The summed E-state index contributed by atoms with van der Waals surface area (Å²) in [6, 6.07) is 11.9. The van der Waals surface area contributed by atoms with Gasteiger partial charge in [-0.25, -0.2) is 15.0 Å². The molecule has 0 aliphatic carbocycles. The molecular formula is C21H16ClF2N5O. The zero-order valence-corrected chi connectivity index (χ0v) is 16.6. The second-order valence-electron chi connectivity index (χ2n) is 6.73. The zero-order valence-electron chi connectivity index (χ0n) is 15.8. The third-order valence-corrected chi connectivity index (χ3v) is 4.88. The van der Waals surface area contributed by atoms with Crippen LogP contribution < -0.4 is 10.9 Å². The number of nitrogens with one attached hydrogen (secondary N) is 1. The number of benzene rings is 1. The van der Waals surface area contributed by atoms with E-state index < -0.39 is 12.1 Å². The van der Waals surface area contributed by atoms with Gasteiger partial charge in [0.15, 0.2) is 5.82 Å². The molecule has 4 aromatic rings. The van der Waals surface area contributed by atoms with Crippen molar-refractivity contribution in [3.05, 3.63) is 87.2 Å². The van der Waals surface area contributed by atoms with E-state index in [-0.39, 0.29) is 0 Å². The highest BCUT2D eigenvalue weighted by Crippen LogP contribution is 2.25. The molecule has 0 bridgehead atoms. The molecular weight excluding hydrogens is 412 g/mol. The Morgan fingerprint density at radius 3 is 2.70 bits per heavy atom. The van der Waals surface area contributed by atoms with E-state index in [1.165, 1.54) is 18.5 Å². The molecule has 6 nitrogen and oxygen atoms in total. The van der Waals surface area contributed by atoms with Crippen LogP contribution in [0.3, 0.4) is 0 Å². The van der Waals surface area contributed by atoms with Crippen molar-refractivity contribution in [3.63, 3.8) is 0 Å². The number of aryl methyl sites for hydroxylation is 1. The first kappa shape index (κ1) is 19.9. The third kappa shape index (κ3) is 4.13. The average molecular weight is 428 g/mol. The lowest BCUT2D eigenvalue weighted by atomic mass is 10.0. The molecule has 0 radical (unpaired) electrons. The summed E-state index contributed by atoms with van der Waals surface area (Å²) in [5.74, 6) is 0.533. The first-order chi connectivity index (χ1) is 14.4. The van der Waals surface area contributed by atoms with Gasteiger partial charge in [0.2, 0.25) is 0 Å². The summed E-state index contributed by atoms with van der Waals surface area (Å²) in [5, 5.41) is 3.57. The van der Waals surface area contributed by atoms with Gasteiger partial charge in [-0.2, -0.15) is 8.78 Å². The highest BCUT2D eigenvalue weighted by molar-refractivity contribution is 6.29. The predicted octanol–water partition coefficient (Wildman–Crippen LogP) is 4.88. The molecule has 0 unspecified atom stereocenters. The van der Waals surface area contributed by atoms with Crippen LogP contribution in [0.1, 0.15) is 23.2 Å². The van der Waals surface area contributed by atoms with Gasteiger partial charge in [0.1, 0.15) is 17.0 Å². The molecule has 0 amide bonds. The van der Waals surface area contributed by atoms with Crippen LogP contribution in [-0.2, 0) is 6.42 Å². The van der Waals surface area contributed by atoms with Gasteiger partial charge < -0.3 is 5.32 Å². The number of anilines is 2. The largest absolute Gasteiger partial charge is 0.338 e. The second-order valence-corrected chi connectivity index (χ2v) is 7.11. The van der Waals surface area contributed by atoms with Crippen molar-refractivity contribution in [1.82, 2.24) is 19.5 Å². The lowest BCUT2D eigenvalue weighted by molar-refractivity contribution is 0.0663. The average Bonchev–Trinajstić information content (AvgIpc) is 2.70. The molecule has 0 aliphatic heterocycles. The van der Waals surface area contributed by atoms with Crippen molar-refractivity contribution in [1.29, 1.82) is 0 Å². The lowest BCUT2D eigenvalue weighted by Crippen LogP contribution is -2.19. The Labute approximate surface area is 175 Å². The van der Waals surface area contributed by atoms with Gasteiger partial charge in [-0.05, 0) is 60.4 Å². The van der Waals surface area contributed by atoms with E-state index in [9.17, 15) is 13.6 Å². The minimum atomic E-state index is -2.85. The molecule has 0 saturated carbocycles. The Morgan fingerprint density at radius 2 is 1.97 bits per heavy atom. The van der Waals surface area contributed by atoms with E-state index in [0.717, 1.165) is 23.0 Å². The van der Waals surface area contributed by atoms with Crippen LogP contribution in [0.2, 0.25) is 5.15 Å². The number of alkyl halides is 2. The van der Waals surface area contributed by atoms with Crippen molar-refractivity contribution in [3.8, 4) is 0 Å². The summed E-state index contributed by atoms with van der Waals surface area (Å²) in [5.41, 5.74) is 3.92. The quantitative estimate of drug-likeness (QED) is 0.460. The molecule has 0 fully saturated rings. The van der Waals surface area contributed by atoms with Crippen LogP contribution in [0.4, 0.5) is 20.3 Å². The normalized spacial score (nSPS) is 11.2. The Hall–Kier alpha value is -3.39. The first-order valence-electron chi connectivity index (χ1n) is 9.04. The van der Waals surface area contributed by atoms with Gasteiger partial charge in [0, 0.05) is 18.0 Å². The zero-order chi connectivity index (χ0) is 21.3. The van der Waals surface area contributed by atoms with Crippen LogP contribution in [-0.4, -0.2) is 19.5 Å². The van der Waals surface area contributed by atoms with Crippen LogP contribution in [0.15, 0.2) is 59.8 Å². The molecule has 4 rings (SSSR count). The predicted molar refractivity (Wildman–Crippen MR) is 112 cm³/mol. The molecule has 152 valence electrons. The molecule has 3 heterocycles. The Balaban J connectivity index is 1.58. The van der Waals surface area contributed by atoms with Crippen molar-refractivity contribution in [2.75, 3.05) is 5.32 Å². The van der Waals surface area contributed by atoms with Crippen LogP contribution >= 0.6 is 11.6 Å².